The van der Waals surface area contributed by atoms with E-state index in [9.17, 15) is 26.4 Å². The fraction of sp³-hybridized carbons (Fsp3) is 0.364. The first kappa shape index (κ1) is 20.6. The molecule has 0 aromatic heterocycles. The van der Waals surface area contributed by atoms with E-state index in [-0.39, 0.29) is 36.1 Å². The average molecular weight is 362 g/mol. The Morgan fingerprint density at radius 2 is 1.91 bits per heavy atom. The fourth-order valence-electron chi connectivity index (χ4n) is 1.40. The second-order valence-electron chi connectivity index (χ2n) is 4.05. The monoisotopic (exact) mass is 361 g/mol. The lowest BCUT2D eigenvalue weighted by Crippen LogP contribution is -2.29. The van der Waals surface area contributed by atoms with Crippen LogP contribution in [0.2, 0.25) is 0 Å². The molecule has 6 nitrogen and oxygen atoms in total. The summed E-state index contributed by atoms with van der Waals surface area (Å²) in [7, 11) is -3.82. The van der Waals surface area contributed by atoms with Crippen LogP contribution in [-0.2, 0) is 14.8 Å². The first-order valence-corrected chi connectivity index (χ1v) is 7.29. The van der Waals surface area contributed by atoms with E-state index >= 15 is 0 Å². The summed E-state index contributed by atoms with van der Waals surface area (Å²) < 4.78 is 61.9. The van der Waals surface area contributed by atoms with Crippen molar-refractivity contribution >= 4 is 34.0 Å². The van der Waals surface area contributed by atoms with Crippen molar-refractivity contribution in [3.05, 3.63) is 24.3 Å². The third-order valence-corrected chi connectivity index (χ3v) is 3.68. The van der Waals surface area contributed by atoms with E-state index in [1.807, 2.05) is 5.32 Å². The smallest absolute Gasteiger partial charge is 0.329 e. The van der Waals surface area contributed by atoms with E-state index in [0.29, 0.717) is 0 Å². The van der Waals surface area contributed by atoms with E-state index in [4.69, 9.17) is 5.73 Å². The van der Waals surface area contributed by atoms with E-state index in [0.717, 1.165) is 6.07 Å². The molecule has 0 atom stereocenters. The first-order valence-electron chi connectivity index (χ1n) is 5.80. The standard InChI is InChI=1S/C11H14F3N3O3S.ClH/c12-11(13,14)7-10(18)17-8-2-1-3-9(6-8)21(19,20)16-5-4-15;/h1-3,6,16H,4-5,7,15H2,(H,17,18);1H. The maximum Gasteiger partial charge on any atom is 0.397 e. The molecule has 1 rings (SSSR count). The predicted molar refractivity (Wildman–Crippen MR) is 77.2 cm³/mol. The van der Waals surface area contributed by atoms with Crippen molar-refractivity contribution < 1.29 is 26.4 Å². The SMILES string of the molecule is Cl.NCCNS(=O)(=O)c1cccc(NC(=O)CC(F)(F)F)c1. The lowest BCUT2D eigenvalue weighted by atomic mass is 10.3. The highest BCUT2D eigenvalue weighted by molar-refractivity contribution is 7.89. The molecule has 0 saturated heterocycles. The van der Waals surface area contributed by atoms with Crippen molar-refractivity contribution in [1.29, 1.82) is 0 Å². The Bertz CT molecular complexity index is 608. The highest BCUT2D eigenvalue weighted by Gasteiger charge is 2.31. The van der Waals surface area contributed by atoms with Gasteiger partial charge in [0.05, 0.1) is 4.90 Å². The molecule has 1 amide bonds. The number of amides is 1. The van der Waals surface area contributed by atoms with Crippen LogP contribution in [0.4, 0.5) is 18.9 Å². The van der Waals surface area contributed by atoms with Crippen molar-refractivity contribution in [1.82, 2.24) is 4.72 Å². The van der Waals surface area contributed by atoms with Crippen molar-refractivity contribution in [2.75, 3.05) is 18.4 Å². The van der Waals surface area contributed by atoms with Gasteiger partial charge < -0.3 is 11.1 Å². The van der Waals surface area contributed by atoms with Crippen molar-refractivity contribution in [2.24, 2.45) is 5.73 Å². The Balaban J connectivity index is 0.00000441. The summed E-state index contributed by atoms with van der Waals surface area (Å²) in [4.78, 5) is 11.0. The van der Waals surface area contributed by atoms with Crippen molar-refractivity contribution in [3.63, 3.8) is 0 Å². The molecule has 11 heteroatoms. The maximum atomic E-state index is 12.0. The molecule has 0 bridgehead atoms. The second-order valence-corrected chi connectivity index (χ2v) is 5.82. The van der Waals surface area contributed by atoms with Gasteiger partial charge in [0.2, 0.25) is 15.9 Å². The van der Waals surface area contributed by atoms with Crippen LogP contribution >= 0.6 is 12.4 Å². The number of hydrogen-bond donors (Lipinski definition) is 3. The molecule has 22 heavy (non-hydrogen) atoms. The average Bonchev–Trinajstić information content (AvgIpc) is 2.34. The van der Waals surface area contributed by atoms with E-state index in [2.05, 4.69) is 4.72 Å². The first-order chi connectivity index (χ1) is 9.64. The molecule has 0 saturated carbocycles. The number of carbonyl (C=O) groups is 1. The van der Waals surface area contributed by atoms with Crippen LogP contribution in [0.1, 0.15) is 6.42 Å². The minimum Gasteiger partial charge on any atom is -0.329 e. The lowest BCUT2D eigenvalue weighted by molar-refractivity contribution is -0.150. The molecule has 4 N–H and O–H groups in total. The number of sulfonamides is 1. The Kier molecular flexibility index (Phi) is 7.81. The predicted octanol–water partition coefficient (Wildman–Crippen LogP) is 1.24. The van der Waals surface area contributed by atoms with Crippen LogP contribution in [0.25, 0.3) is 0 Å². The third-order valence-electron chi connectivity index (χ3n) is 2.23. The van der Waals surface area contributed by atoms with E-state index in [1.54, 1.807) is 0 Å². The van der Waals surface area contributed by atoms with Gasteiger partial charge in [0.1, 0.15) is 6.42 Å². The zero-order valence-corrected chi connectivity index (χ0v) is 12.8. The van der Waals surface area contributed by atoms with Gasteiger partial charge in [-0.25, -0.2) is 13.1 Å². The number of halogens is 4. The van der Waals surface area contributed by atoms with Crippen LogP contribution in [-0.4, -0.2) is 33.6 Å². The highest BCUT2D eigenvalue weighted by atomic mass is 35.5. The summed E-state index contributed by atoms with van der Waals surface area (Å²) >= 11 is 0. The molecule has 0 fully saturated rings. The molecule has 1 aromatic rings. The molecule has 0 aliphatic rings. The van der Waals surface area contributed by atoms with Gasteiger partial charge in [-0.3, -0.25) is 4.79 Å². The molecule has 1 aromatic carbocycles. The Hall–Kier alpha value is -1.36. The normalized spacial score (nSPS) is 11.6. The lowest BCUT2D eigenvalue weighted by Gasteiger charge is -2.10. The molecular weight excluding hydrogens is 347 g/mol. The van der Waals surface area contributed by atoms with Crippen LogP contribution < -0.4 is 15.8 Å². The molecule has 0 aliphatic carbocycles. The Morgan fingerprint density at radius 1 is 1.27 bits per heavy atom. The van der Waals surface area contributed by atoms with Crippen LogP contribution in [0.5, 0.6) is 0 Å². The Morgan fingerprint density at radius 3 is 2.45 bits per heavy atom. The topological polar surface area (TPSA) is 101 Å². The quantitative estimate of drug-likeness (QED) is 0.709. The minimum absolute atomic E-state index is 0. The van der Waals surface area contributed by atoms with E-state index < -0.39 is 28.5 Å². The minimum atomic E-state index is -4.63. The summed E-state index contributed by atoms with van der Waals surface area (Å²) in [6.45, 7) is 0.119. The number of benzene rings is 1. The summed E-state index contributed by atoms with van der Waals surface area (Å²) in [6, 6.07) is 4.90. The third kappa shape index (κ3) is 7.07. The molecular formula is C11H15ClF3N3O3S. The van der Waals surface area contributed by atoms with Crippen LogP contribution in [0.3, 0.4) is 0 Å². The zero-order valence-electron chi connectivity index (χ0n) is 11.2. The Labute approximate surface area is 131 Å². The molecule has 0 aliphatic heterocycles. The molecule has 0 unspecified atom stereocenters. The molecule has 126 valence electrons. The number of rotatable bonds is 6. The summed E-state index contributed by atoms with van der Waals surface area (Å²) in [6.07, 6.45) is -6.27. The van der Waals surface area contributed by atoms with Gasteiger partial charge >= 0.3 is 6.18 Å². The highest BCUT2D eigenvalue weighted by Crippen LogP contribution is 2.21. The number of anilines is 1. The molecule has 0 spiro atoms. The van der Waals surface area contributed by atoms with Gasteiger partial charge in [-0.1, -0.05) is 6.07 Å². The summed E-state index contributed by atoms with van der Waals surface area (Å²) in [5.41, 5.74) is 5.14. The molecule has 0 heterocycles. The van der Waals surface area contributed by atoms with E-state index in [1.165, 1.54) is 18.2 Å². The summed E-state index contributed by atoms with van der Waals surface area (Å²) in [5, 5.41) is 1.99. The van der Waals surface area contributed by atoms with Crippen molar-refractivity contribution in [3.8, 4) is 0 Å². The number of carbonyl (C=O) groups excluding carboxylic acids is 1. The number of nitrogens with one attached hydrogen (secondary N) is 2. The van der Waals surface area contributed by atoms with Gasteiger partial charge in [0.25, 0.3) is 0 Å². The van der Waals surface area contributed by atoms with Crippen LogP contribution in [0.15, 0.2) is 29.2 Å². The van der Waals surface area contributed by atoms with Gasteiger partial charge in [-0.05, 0) is 18.2 Å². The number of nitrogens with two attached hydrogens (primary N) is 1. The number of hydrogen-bond acceptors (Lipinski definition) is 4. The largest absolute Gasteiger partial charge is 0.397 e. The van der Waals surface area contributed by atoms with Gasteiger partial charge in [-0.15, -0.1) is 12.4 Å². The van der Waals surface area contributed by atoms with Crippen molar-refractivity contribution in [2.45, 2.75) is 17.5 Å². The zero-order chi connectivity index (χ0) is 16.1. The second kappa shape index (κ2) is 8.32. The maximum absolute atomic E-state index is 12.0. The molecule has 0 radical (unpaired) electrons. The number of alkyl halides is 3. The van der Waals surface area contributed by atoms with Crippen LogP contribution in [0, 0.1) is 0 Å². The van der Waals surface area contributed by atoms with Gasteiger partial charge in [0.15, 0.2) is 0 Å². The van der Waals surface area contributed by atoms with Gasteiger partial charge in [-0.2, -0.15) is 13.2 Å². The fourth-order valence-corrected chi connectivity index (χ4v) is 2.50. The summed E-state index contributed by atoms with van der Waals surface area (Å²) in [5.74, 6) is -1.27. The van der Waals surface area contributed by atoms with Gasteiger partial charge in [0, 0.05) is 18.8 Å².